The third-order valence-electron chi connectivity index (χ3n) is 5.00. The molecule has 1 amide bonds. The summed E-state index contributed by atoms with van der Waals surface area (Å²) in [5, 5.41) is 3.07. The zero-order valence-electron chi connectivity index (χ0n) is 16.8. The van der Waals surface area contributed by atoms with Gasteiger partial charge in [-0.1, -0.05) is 91.4 Å². The number of carbonyl (C=O) groups is 1. The normalized spacial score (nSPS) is 13.2. The number of hydrogen-bond donors (Lipinski definition) is 1. The molecule has 2 nitrogen and oxygen atoms in total. The molecule has 3 heteroatoms. The molecular weight excluding hydrogens is 361 g/mol. The fourth-order valence-corrected chi connectivity index (χ4v) is 3.35. The molecule has 0 aliphatic heterocycles. The molecule has 0 heterocycles. The van der Waals surface area contributed by atoms with Crippen molar-refractivity contribution in [2.45, 2.75) is 26.3 Å². The minimum atomic E-state index is -0.330. The van der Waals surface area contributed by atoms with Crippen LogP contribution in [-0.4, -0.2) is 5.91 Å². The van der Waals surface area contributed by atoms with Crippen LogP contribution in [0.5, 0.6) is 0 Å². The van der Waals surface area contributed by atoms with Crippen molar-refractivity contribution in [2.24, 2.45) is 5.92 Å². The molecule has 29 heavy (non-hydrogen) atoms. The first-order valence-electron chi connectivity index (χ1n) is 9.85. The Morgan fingerprint density at radius 1 is 1.00 bits per heavy atom. The Bertz CT molecular complexity index is 964. The van der Waals surface area contributed by atoms with E-state index in [0.717, 1.165) is 22.3 Å². The Kier molecular flexibility index (Phi) is 6.96. The number of rotatable bonds is 7. The zero-order chi connectivity index (χ0) is 20.6. The molecule has 3 rings (SSSR count). The van der Waals surface area contributed by atoms with Gasteiger partial charge < -0.3 is 5.32 Å². The van der Waals surface area contributed by atoms with E-state index in [1.54, 1.807) is 6.07 Å². The van der Waals surface area contributed by atoms with Crippen LogP contribution in [-0.2, 0) is 11.3 Å². The van der Waals surface area contributed by atoms with E-state index in [2.05, 4.69) is 5.32 Å². The quantitative estimate of drug-likeness (QED) is 0.539. The van der Waals surface area contributed by atoms with E-state index in [0.29, 0.717) is 6.54 Å². The van der Waals surface area contributed by atoms with Gasteiger partial charge in [0.25, 0.3) is 0 Å². The van der Waals surface area contributed by atoms with Crippen LogP contribution in [0, 0.1) is 18.7 Å². The summed E-state index contributed by atoms with van der Waals surface area (Å²) in [7, 11) is 0. The molecule has 3 aromatic carbocycles. The predicted molar refractivity (Wildman–Crippen MR) is 117 cm³/mol. The van der Waals surface area contributed by atoms with Crippen LogP contribution in [0.4, 0.5) is 4.39 Å². The SMILES string of the molecule is Cc1ccc([C@@H](C(=O)NCc2ccccc2)[C@@H](C)/C=C/c2cccc(F)c2)cc1. The molecule has 148 valence electrons. The van der Waals surface area contributed by atoms with E-state index in [9.17, 15) is 9.18 Å². The smallest absolute Gasteiger partial charge is 0.228 e. The van der Waals surface area contributed by atoms with Crippen molar-refractivity contribution < 1.29 is 9.18 Å². The van der Waals surface area contributed by atoms with Gasteiger partial charge in [0, 0.05) is 6.54 Å². The van der Waals surface area contributed by atoms with Gasteiger partial charge in [0.05, 0.1) is 5.92 Å². The Morgan fingerprint density at radius 2 is 1.72 bits per heavy atom. The molecule has 0 spiro atoms. The molecule has 0 saturated heterocycles. The van der Waals surface area contributed by atoms with Gasteiger partial charge in [0.2, 0.25) is 5.91 Å². The van der Waals surface area contributed by atoms with Gasteiger partial charge in [0.1, 0.15) is 5.82 Å². The Balaban J connectivity index is 1.80. The summed E-state index contributed by atoms with van der Waals surface area (Å²) >= 11 is 0. The lowest BCUT2D eigenvalue weighted by molar-refractivity contribution is -0.123. The molecule has 0 unspecified atom stereocenters. The monoisotopic (exact) mass is 387 g/mol. The number of benzene rings is 3. The maximum atomic E-state index is 13.4. The van der Waals surface area contributed by atoms with Gasteiger partial charge in [-0.2, -0.15) is 0 Å². The van der Waals surface area contributed by atoms with Crippen LogP contribution in [0.15, 0.2) is 84.9 Å². The summed E-state index contributed by atoms with van der Waals surface area (Å²) in [4.78, 5) is 13.1. The van der Waals surface area contributed by atoms with Crippen molar-refractivity contribution in [1.29, 1.82) is 0 Å². The first-order chi connectivity index (χ1) is 14.0. The zero-order valence-corrected chi connectivity index (χ0v) is 16.8. The third kappa shape index (κ3) is 5.89. The minimum absolute atomic E-state index is 0.0194. The van der Waals surface area contributed by atoms with Crippen LogP contribution in [0.3, 0.4) is 0 Å². The van der Waals surface area contributed by atoms with E-state index >= 15 is 0 Å². The molecule has 3 aromatic rings. The van der Waals surface area contributed by atoms with Gasteiger partial charge in [-0.15, -0.1) is 0 Å². The van der Waals surface area contributed by atoms with Crippen molar-refractivity contribution in [2.75, 3.05) is 0 Å². The average molecular weight is 387 g/mol. The number of nitrogens with one attached hydrogen (secondary N) is 1. The highest BCUT2D eigenvalue weighted by Gasteiger charge is 2.25. The molecule has 2 atom stereocenters. The summed E-state index contributed by atoms with van der Waals surface area (Å²) in [6.45, 7) is 4.53. The second kappa shape index (κ2) is 9.83. The van der Waals surface area contributed by atoms with E-state index in [1.807, 2.05) is 86.7 Å². The predicted octanol–water partition coefficient (Wildman–Crippen LogP) is 5.88. The summed E-state index contributed by atoms with van der Waals surface area (Å²) < 4.78 is 13.4. The third-order valence-corrected chi connectivity index (χ3v) is 5.00. The molecule has 0 fully saturated rings. The molecule has 1 N–H and O–H groups in total. The lowest BCUT2D eigenvalue weighted by Crippen LogP contribution is -2.32. The fraction of sp³-hybridized carbons (Fsp3) is 0.192. The molecule has 0 aliphatic rings. The highest BCUT2D eigenvalue weighted by molar-refractivity contribution is 5.84. The molecule has 0 saturated carbocycles. The Hall–Kier alpha value is -3.20. The standard InChI is InChI=1S/C26H26FNO/c1-19-11-15-23(16-12-19)25(26(29)28-18-22-7-4-3-5-8-22)20(2)13-14-21-9-6-10-24(27)17-21/h3-17,20,25H,18H2,1-2H3,(H,28,29)/b14-13+/t20-,25-/m0/s1. The van der Waals surface area contributed by atoms with Crippen LogP contribution in [0.2, 0.25) is 0 Å². The van der Waals surface area contributed by atoms with Crippen molar-refractivity contribution in [3.05, 3.63) is 113 Å². The van der Waals surface area contributed by atoms with Gasteiger partial charge in [0.15, 0.2) is 0 Å². The second-order valence-electron chi connectivity index (χ2n) is 7.36. The van der Waals surface area contributed by atoms with Crippen LogP contribution in [0.1, 0.15) is 35.1 Å². The maximum absolute atomic E-state index is 13.4. The Labute approximate surface area is 172 Å². The summed E-state index contributed by atoms with van der Waals surface area (Å²) in [6, 6.07) is 24.4. The highest BCUT2D eigenvalue weighted by atomic mass is 19.1. The minimum Gasteiger partial charge on any atom is -0.351 e. The lowest BCUT2D eigenvalue weighted by atomic mass is 9.85. The van der Waals surface area contributed by atoms with Crippen molar-refractivity contribution in [1.82, 2.24) is 5.32 Å². The van der Waals surface area contributed by atoms with Crippen molar-refractivity contribution in [3.63, 3.8) is 0 Å². The topological polar surface area (TPSA) is 29.1 Å². The average Bonchev–Trinajstić information content (AvgIpc) is 2.73. The van der Waals surface area contributed by atoms with Crippen LogP contribution >= 0.6 is 0 Å². The molecule has 0 aromatic heterocycles. The van der Waals surface area contributed by atoms with Gasteiger partial charge in [-0.25, -0.2) is 4.39 Å². The van der Waals surface area contributed by atoms with Crippen molar-refractivity contribution >= 4 is 12.0 Å². The van der Waals surface area contributed by atoms with Crippen LogP contribution < -0.4 is 5.32 Å². The molecule has 0 aliphatic carbocycles. The number of halogens is 1. The Morgan fingerprint density at radius 3 is 2.41 bits per heavy atom. The van der Waals surface area contributed by atoms with Crippen LogP contribution in [0.25, 0.3) is 6.08 Å². The first-order valence-corrected chi connectivity index (χ1v) is 9.85. The summed E-state index contributed by atoms with van der Waals surface area (Å²) in [5.41, 5.74) is 3.97. The molecule has 0 radical (unpaired) electrons. The largest absolute Gasteiger partial charge is 0.351 e. The molecule has 0 bridgehead atoms. The van der Waals surface area contributed by atoms with Crippen molar-refractivity contribution in [3.8, 4) is 0 Å². The first kappa shape index (κ1) is 20.5. The molecular formula is C26H26FNO. The lowest BCUT2D eigenvalue weighted by Gasteiger charge is -2.22. The van der Waals surface area contributed by atoms with E-state index < -0.39 is 0 Å². The number of carbonyl (C=O) groups excluding carboxylic acids is 1. The number of allylic oxidation sites excluding steroid dienone is 1. The number of amides is 1. The van der Waals surface area contributed by atoms with E-state index in [1.165, 1.54) is 12.1 Å². The maximum Gasteiger partial charge on any atom is 0.228 e. The second-order valence-corrected chi connectivity index (χ2v) is 7.36. The van der Waals surface area contributed by atoms with Gasteiger partial charge in [-0.3, -0.25) is 4.79 Å². The number of aryl methyl sites for hydroxylation is 1. The highest BCUT2D eigenvalue weighted by Crippen LogP contribution is 2.27. The number of hydrogen-bond acceptors (Lipinski definition) is 1. The summed E-state index contributed by atoms with van der Waals surface area (Å²) in [5.74, 6) is -0.676. The van der Waals surface area contributed by atoms with Gasteiger partial charge >= 0.3 is 0 Å². The fourth-order valence-electron chi connectivity index (χ4n) is 3.35. The van der Waals surface area contributed by atoms with E-state index in [4.69, 9.17) is 0 Å². The van der Waals surface area contributed by atoms with E-state index in [-0.39, 0.29) is 23.6 Å². The summed E-state index contributed by atoms with van der Waals surface area (Å²) in [6.07, 6.45) is 3.85. The van der Waals surface area contributed by atoms with Gasteiger partial charge in [-0.05, 0) is 41.7 Å².